The quantitative estimate of drug-likeness (QED) is 0.490. The predicted molar refractivity (Wildman–Crippen MR) is 122 cm³/mol. The van der Waals surface area contributed by atoms with E-state index in [1.165, 1.54) is 5.69 Å². The number of pyridine rings is 2. The lowest BCUT2D eigenvalue weighted by atomic mass is 10.0. The smallest absolute Gasteiger partial charge is 0.174 e. The van der Waals surface area contributed by atoms with Crippen LogP contribution in [-0.2, 0) is 6.54 Å². The van der Waals surface area contributed by atoms with Gasteiger partial charge in [-0.1, -0.05) is 30.3 Å². The van der Waals surface area contributed by atoms with E-state index < -0.39 is 0 Å². The fraction of sp³-hybridized carbons (Fsp3) is 0.125. The number of rotatable bonds is 5. The van der Waals surface area contributed by atoms with Gasteiger partial charge in [0.05, 0.1) is 11.7 Å². The van der Waals surface area contributed by atoms with E-state index in [-0.39, 0.29) is 12.1 Å². The lowest BCUT2D eigenvalue weighted by Crippen LogP contribution is -2.30. The lowest BCUT2D eigenvalue weighted by molar-refractivity contribution is 0.533. The molecule has 5 nitrogen and oxygen atoms in total. The molecule has 5 rings (SSSR count). The Morgan fingerprint density at radius 3 is 2.53 bits per heavy atom. The molecule has 2 atom stereocenters. The zero-order chi connectivity index (χ0) is 20.3. The van der Waals surface area contributed by atoms with Crippen molar-refractivity contribution in [1.29, 1.82) is 0 Å². The number of anilines is 1. The maximum atomic E-state index is 5.79. The molecule has 148 valence electrons. The first-order valence-electron chi connectivity index (χ1n) is 9.91. The standard InChI is InChI=1S/C24H21N5S/c30-24-27-22(20-11-4-5-14-26-20)23(29(24)19-9-2-1-3-10-19)21-12-7-15-28(21)17-18-8-6-13-25-16-18/h1-16,22-23H,17H2,(H,27,30)/t22-,23+/m0/s1. The second kappa shape index (κ2) is 8.08. The molecule has 0 saturated carbocycles. The van der Waals surface area contributed by atoms with Crippen molar-refractivity contribution in [3.05, 3.63) is 115 Å². The van der Waals surface area contributed by atoms with Crippen LogP contribution in [0.15, 0.2) is 97.6 Å². The number of thiocarbonyl (C=S) groups is 1. The molecule has 1 saturated heterocycles. The van der Waals surface area contributed by atoms with Gasteiger partial charge in [0.25, 0.3) is 0 Å². The van der Waals surface area contributed by atoms with Crippen LogP contribution in [0.5, 0.6) is 0 Å². The summed E-state index contributed by atoms with van der Waals surface area (Å²) in [5.74, 6) is 0. The highest BCUT2D eigenvalue weighted by Gasteiger charge is 2.41. The number of aromatic nitrogens is 3. The van der Waals surface area contributed by atoms with Gasteiger partial charge in [0.2, 0.25) is 0 Å². The van der Waals surface area contributed by atoms with Crippen molar-refractivity contribution < 1.29 is 0 Å². The third-order valence-corrected chi connectivity index (χ3v) is 5.69. The topological polar surface area (TPSA) is 46.0 Å². The van der Waals surface area contributed by atoms with Gasteiger partial charge in [-0.25, -0.2) is 0 Å². The van der Waals surface area contributed by atoms with Crippen molar-refractivity contribution in [3.8, 4) is 0 Å². The van der Waals surface area contributed by atoms with Gasteiger partial charge in [0.1, 0.15) is 6.04 Å². The normalized spacial score (nSPS) is 18.4. The Kier molecular flexibility index (Phi) is 4.99. The molecule has 30 heavy (non-hydrogen) atoms. The summed E-state index contributed by atoms with van der Waals surface area (Å²) in [4.78, 5) is 11.1. The second-order valence-corrected chi connectivity index (χ2v) is 7.64. The molecule has 0 aliphatic carbocycles. The van der Waals surface area contributed by atoms with E-state index in [0.29, 0.717) is 5.11 Å². The minimum Gasteiger partial charge on any atom is -0.351 e. The van der Waals surface area contributed by atoms with Gasteiger partial charge in [-0.3, -0.25) is 9.97 Å². The van der Waals surface area contributed by atoms with E-state index in [0.717, 1.165) is 23.5 Å². The highest BCUT2D eigenvalue weighted by molar-refractivity contribution is 7.80. The fourth-order valence-corrected chi connectivity index (χ4v) is 4.40. The highest BCUT2D eigenvalue weighted by atomic mass is 32.1. The predicted octanol–water partition coefficient (Wildman–Crippen LogP) is 4.50. The first-order valence-corrected chi connectivity index (χ1v) is 10.3. The molecule has 0 unspecified atom stereocenters. The van der Waals surface area contributed by atoms with E-state index in [2.05, 4.69) is 67.3 Å². The van der Waals surface area contributed by atoms with E-state index in [9.17, 15) is 0 Å². The van der Waals surface area contributed by atoms with Crippen LogP contribution in [0.25, 0.3) is 0 Å². The van der Waals surface area contributed by atoms with Crippen molar-refractivity contribution >= 4 is 23.0 Å². The molecule has 1 fully saturated rings. The van der Waals surface area contributed by atoms with Crippen LogP contribution in [-0.4, -0.2) is 19.6 Å². The highest BCUT2D eigenvalue weighted by Crippen LogP contribution is 2.41. The number of nitrogens with one attached hydrogen (secondary N) is 1. The lowest BCUT2D eigenvalue weighted by Gasteiger charge is -2.29. The summed E-state index contributed by atoms with van der Waals surface area (Å²) in [6.07, 6.45) is 7.65. The summed E-state index contributed by atoms with van der Waals surface area (Å²) in [5, 5.41) is 4.22. The van der Waals surface area contributed by atoms with Crippen LogP contribution < -0.4 is 10.2 Å². The summed E-state index contributed by atoms with van der Waals surface area (Å²) in [6, 6.07) is 24.5. The number of hydrogen-bond donors (Lipinski definition) is 1. The van der Waals surface area contributed by atoms with Crippen molar-refractivity contribution in [2.75, 3.05) is 4.90 Å². The number of nitrogens with zero attached hydrogens (tertiary/aromatic N) is 4. The second-order valence-electron chi connectivity index (χ2n) is 7.25. The Morgan fingerprint density at radius 2 is 1.77 bits per heavy atom. The SMILES string of the molecule is S=C1N[C@@H](c2ccccn2)[C@@H](c2cccn2Cc2cccnc2)N1c1ccccc1. The zero-order valence-electron chi connectivity index (χ0n) is 16.3. The van der Waals surface area contributed by atoms with Gasteiger partial charge >= 0.3 is 0 Å². The molecule has 4 heterocycles. The summed E-state index contributed by atoms with van der Waals surface area (Å²) in [6.45, 7) is 0.747. The summed E-state index contributed by atoms with van der Waals surface area (Å²) < 4.78 is 2.27. The Morgan fingerprint density at radius 1 is 0.900 bits per heavy atom. The largest absolute Gasteiger partial charge is 0.351 e. The first kappa shape index (κ1) is 18.5. The maximum Gasteiger partial charge on any atom is 0.174 e. The molecular formula is C24H21N5S. The van der Waals surface area contributed by atoms with E-state index in [4.69, 9.17) is 12.2 Å². The Labute approximate surface area is 181 Å². The van der Waals surface area contributed by atoms with Crippen molar-refractivity contribution in [2.45, 2.75) is 18.6 Å². The Balaban J connectivity index is 1.60. The van der Waals surface area contributed by atoms with Crippen molar-refractivity contribution in [3.63, 3.8) is 0 Å². The van der Waals surface area contributed by atoms with Crippen LogP contribution in [0.3, 0.4) is 0 Å². The molecule has 1 aromatic carbocycles. The zero-order valence-corrected chi connectivity index (χ0v) is 17.1. The number of hydrogen-bond acceptors (Lipinski definition) is 3. The number of benzene rings is 1. The van der Waals surface area contributed by atoms with Gasteiger partial charge in [0.15, 0.2) is 5.11 Å². The molecule has 1 N–H and O–H groups in total. The van der Waals surface area contributed by atoms with E-state index >= 15 is 0 Å². The number of para-hydroxylation sites is 1. The molecule has 0 spiro atoms. The van der Waals surface area contributed by atoms with Gasteiger partial charge in [-0.05, 0) is 60.2 Å². The monoisotopic (exact) mass is 411 g/mol. The van der Waals surface area contributed by atoms with Gasteiger partial charge in [-0.15, -0.1) is 0 Å². The molecule has 0 amide bonds. The summed E-state index contributed by atoms with van der Waals surface area (Å²) in [5.41, 5.74) is 4.36. The van der Waals surface area contributed by atoms with Gasteiger partial charge in [-0.2, -0.15) is 0 Å². The molecule has 6 heteroatoms. The van der Waals surface area contributed by atoms with Crippen molar-refractivity contribution in [2.24, 2.45) is 0 Å². The van der Waals surface area contributed by atoms with Crippen LogP contribution in [0, 0.1) is 0 Å². The molecule has 0 radical (unpaired) electrons. The van der Waals surface area contributed by atoms with Crippen molar-refractivity contribution in [1.82, 2.24) is 19.9 Å². The molecule has 1 aliphatic rings. The van der Waals surface area contributed by atoms with Gasteiger partial charge < -0.3 is 14.8 Å². The van der Waals surface area contributed by atoms with E-state index in [1.54, 1.807) is 6.20 Å². The molecule has 3 aromatic heterocycles. The third-order valence-electron chi connectivity index (χ3n) is 5.38. The molecule has 1 aliphatic heterocycles. The average Bonchev–Trinajstić information content (AvgIpc) is 3.39. The average molecular weight is 412 g/mol. The summed E-state index contributed by atoms with van der Waals surface area (Å²) in [7, 11) is 0. The van der Waals surface area contributed by atoms with Gasteiger partial charge in [0, 0.05) is 42.7 Å². The maximum absolute atomic E-state index is 5.79. The summed E-state index contributed by atoms with van der Waals surface area (Å²) >= 11 is 5.79. The molecular weight excluding hydrogens is 390 g/mol. The molecule has 4 aromatic rings. The van der Waals surface area contributed by atoms with Crippen LogP contribution in [0.2, 0.25) is 0 Å². The minimum absolute atomic E-state index is 0.0264. The van der Waals surface area contributed by atoms with E-state index in [1.807, 2.05) is 48.8 Å². The van der Waals surface area contributed by atoms with Crippen LogP contribution in [0.1, 0.15) is 29.0 Å². The fourth-order valence-electron chi connectivity index (χ4n) is 4.05. The molecule has 0 bridgehead atoms. The Hall–Kier alpha value is -3.51. The van der Waals surface area contributed by atoms with Crippen LogP contribution in [0.4, 0.5) is 5.69 Å². The first-order chi connectivity index (χ1) is 14.8. The Bertz CT molecular complexity index is 1130. The minimum atomic E-state index is -0.0542. The third kappa shape index (κ3) is 3.46. The van der Waals surface area contributed by atoms with Crippen LogP contribution >= 0.6 is 12.2 Å².